The molecule has 0 fully saturated rings. The van der Waals surface area contributed by atoms with Gasteiger partial charge in [0.15, 0.2) is 0 Å². The van der Waals surface area contributed by atoms with E-state index in [9.17, 15) is 4.79 Å². The molecular formula is C15H14O2. The average molecular weight is 227 g/mol. The van der Waals surface area contributed by atoms with Crippen molar-refractivity contribution in [1.82, 2.24) is 0 Å². The highest BCUT2D eigenvalue weighted by molar-refractivity contribution is 5.89. The maximum absolute atomic E-state index is 11.8. The summed E-state index contributed by atoms with van der Waals surface area (Å²) >= 11 is 0. The van der Waals surface area contributed by atoms with Crippen LogP contribution in [0.3, 0.4) is 0 Å². The van der Waals surface area contributed by atoms with E-state index in [2.05, 4.69) is 0 Å². The van der Waals surface area contributed by atoms with E-state index in [0.717, 1.165) is 5.56 Å². The molecular weight excluding hydrogens is 212 g/mol. The molecule has 0 bridgehead atoms. The largest absolute Gasteiger partial charge is 0.457 e. The number of carbonyl (C=O) groups excluding carboxylic acids is 1. The number of rotatable bonds is 3. The molecule has 0 aliphatic heterocycles. The molecule has 0 amide bonds. The van der Waals surface area contributed by atoms with Crippen LogP contribution in [0, 0.1) is 6.92 Å². The van der Waals surface area contributed by atoms with Crippen LogP contribution in [0.1, 0.15) is 22.9 Å². The van der Waals surface area contributed by atoms with Crippen molar-refractivity contribution in [2.45, 2.75) is 13.5 Å². The molecule has 0 aliphatic carbocycles. The van der Waals surface area contributed by atoms with Crippen molar-refractivity contribution in [2.75, 3.05) is 0 Å². The van der Waals surface area contributed by atoms with Gasteiger partial charge in [-0.15, -0.1) is 0 Å². The van der Waals surface area contributed by atoms with Crippen LogP contribution in [-0.4, -0.2) is 5.97 Å². The van der Waals surface area contributed by atoms with Crippen molar-refractivity contribution in [3.05, 3.63) is 71.3 Å². The zero-order valence-corrected chi connectivity index (χ0v) is 9.59. The summed E-state index contributed by atoms with van der Waals surface area (Å²) in [5.74, 6) is -0.476. The summed E-state index contributed by atoms with van der Waals surface area (Å²) in [6.45, 7) is 0.983. The first kappa shape index (κ1) is 10.1. The third kappa shape index (κ3) is 3.18. The monoisotopic (exact) mass is 227 g/mol. The number of ether oxygens (including phenoxy) is 1. The molecule has 17 heavy (non-hydrogen) atoms. The van der Waals surface area contributed by atoms with Gasteiger partial charge in [0.25, 0.3) is 0 Å². The minimum Gasteiger partial charge on any atom is -0.457 e. The Morgan fingerprint density at radius 2 is 1.76 bits per heavy atom. The molecule has 2 nitrogen and oxygen atoms in total. The van der Waals surface area contributed by atoms with Gasteiger partial charge in [-0.25, -0.2) is 4.79 Å². The first-order chi connectivity index (χ1) is 8.66. The minimum absolute atomic E-state index is 0.460. The molecule has 2 aromatic rings. The van der Waals surface area contributed by atoms with Crippen molar-refractivity contribution >= 4 is 5.97 Å². The Labute approximate surface area is 102 Å². The summed E-state index contributed by atoms with van der Waals surface area (Å²) in [7, 11) is 0. The fraction of sp³-hybridized carbons (Fsp3) is 0.133. The average Bonchev–Trinajstić information content (AvgIpc) is 2.40. The molecule has 2 rings (SSSR count). The summed E-state index contributed by atoms with van der Waals surface area (Å²) < 4.78 is 12.9. The van der Waals surface area contributed by atoms with Gasteiger partial charge in [-0.3, -0.25) is 0 Å². The number of aryl methyl sites for hydroxylation is 1. The SMILES string of the molecule is [2H][C@@H](OC(=O)c1ccccc1)c1ccc(C)cc1. The molecule has 0 N–H and O–H groups in total. The normalized spacial score (nSPS) is 12.6. The molecule has 2 heteroatoms. The smallest absolute Gasteiger partial charge is 0.338 e. The van der Waals surface area contributed by atoms with E-state index in [1.807, 2.05) is 25.1 Å². The molecule has 0 unspecified atom stereocenters. The Kier molecular flexibility index (Phi) is 3.15. The number of hydrogen-bond donors (Lipinski definition) is 0. The molecule has 0 heterocycles. The van der Waals surface area contributed by atoms with E-state index >= 15 is 0 Å². The summed E-state index contributed by atoms with van der Waals surface area (Å²) in [4.78, 5) is 11.8. The Morgan fingerprint density at radius 1 is 1.12 bits per heavy atom. The molecule has 0 aliphatic rings. The Bertz CT molecular complexity index is 520. The molecule has 86 valence electrons. The maximum Gasteiger partial charge on any atom is 0.338 e. The van der Waals surface area contributed by atoms with Gasteiger partial charge in [0, 0.05) is 0 Å². The van der Waals surface area contributed by atoms with E-state index in [-0.39, 0.29) is 0 Å². The lowest BCUT2D eigenvalue weighted by Crippen LogP contribution is -2.04. The van der Waals surface area contributed by atoms with Crippen molar-refractivity contribution < 1.29 is 10.9 Å². The Balaban J connectivity index is 2.06. The second-order valence-corrected chi connectivity index (χ2v) is 3.80. The topological polar surface area (TPSA) is 26.3 Å². The van der Waals surface area contributed by atoms with Crippen LogP contribution in [0.25, 0.3) is 0 Å². The minimum atomic E-state index is -0.988. The molecule has 0 aromatic heterocycles. The highest BCUT2D eigenvalue weighted by Gasteiger charge is 2.05. The lowest BCUT2D eigenvalue weighted by Gasteiger charge is -2.05. The van der Waals surface area contributed by atoms with Gasteiger partial charge >= 0.3 is 5.97 Å². The first-order valence-electron chi connectivity index (χ1n) is 5.99. The van der Waals surface area contributed by atoms with Gasteiger partial charge in [0.05, 0.1) is 6.93 Å². The summed E-state index contributed by atoms with van der Waals surface area (Å²) in [5.41, 5.74) is 2.24. The van der Waals surface area contributed by atoms with Crippen LogP contribution in [0.4, 0.5) is 0 Å². The third-order valence-electron chi connectivity index (χ3n) is 2.39. The van der Waals surface area contributed by atoms with Crippen molar-refractivity contribution in [3.63, 3.8) is 0 Å². The van der Waals surface area contributed by atoms with Gasteiger partial charge in [0.2, 0.25) is 0 Å². The fourth-order valence-corrected chi connectivity index (χ4v) is 1.41. The first-order valence-corrected chi connectivity index (χ1v) is 5.41. The maximum atomic E-state index is 11.8. The quantitative estimate of drug-likeness (QED) is 0.751. The van der Waals surface area contributed by atoms with Crippen molar-refractivity contribution in [2.24, 2.45) is 0 Å². The van der Waals surface area contributed by atoms with Gasteiger partial charge in [0.1, 0.15) is 6.58 Å². The van der Waals surface area contributed by atoms with Crippen LogP contribution < -0.4 is 0 Å². The van der Waals surface area contributed by atoms with Gasteiger partial charge in [-0.2, -0.15) is 0 Å². The van der Waals surface area contributed by atoms with E-state index in [4.69, 9.17) is 6.11 Å². The highest BCUT2D eigenvalue weighted by Crippen LogP contribution is 2.07. The van der Waals surface area contributed by atoms with Gasteiger partial charge < -0.3 is 4.74 Å². The molecule has 0 radical (unpaired) electrons. The number of carbonyl (C=O) groups is 1. The van der Waals surface area contributed by atoms with Gasteiger partial charge in [-0.05, 0) is 24.6 Å². The third-order valence-corrected chi connectivity index (χ3v) is 2.39. The standard InChI is InChI=1S/C15H14O2/c1-12-7-9-13(10-8-12)11-17-15(16)14-5-3-2-4-6-14/h2-10H,11H2,1H3/i11D/t11-/m1/s1. The van der Waals surface area contributed by atoms with Gasteiger partial charge in [-0.1, -0.05) is 48.0 Å². The number of hydrogen-bond acceptors (Lipinski definition) is 2. The lowest BCUT2D eigenvalue weighted by atomic mass is 10.2. The molecule has 1 atom stereocenters. The number of benzene rings is 2. The summed E-state index contributed by atoms with van der Waals surface area (Å²) in [5, 5.41) is 0. The predicted octanol–water partition coefficient (Wildman–Crippen LogP) is 3.35. The molecule has 0 saturated carbocycles. The summed E-state index contributed by atoms with van der Waals surface area (Å²) in [6.07, 6.45) is 0. The van der Waals surface area contributed by atoms with Crippen LogP contribution in [-0.2, 0) is 11.3 Å². The second-order valence-electron chi connectivity index (χ2n) is 3.80. The van der Waals surface area contributed by atoms with Crippen LogP contribution >= 0.6 is 0 Å². The molecule has 0 spiro atoms. The molecule has 0 saturated heterocycles. The molecule has 2 aromatic carbocycles. The zero-order chi connectivity index (χ0) is 13.0. The predicted molar refractivity (Wildman–Crippen MR) is 66.7 cm³/mol. The second kappa shape index (κ2) is 5.30. The van der Waals surface area contributed by atoms with E-state index in [0.29, 0.717) is 11.1 Å². The zero-order valence-electron chi connectivity index (χ0n) is 10.6. The van der Waals surface area contributed by atoms with Crippen LogP contribution in [0.5, 0.6) is 0 Å². The Hall–Kier alpha value is -2.09. The number of esters is 1. The Morgan fingerprint density at radius 3 is 2.41 bits per heavy atom. The van der Waals surface area contributed by atoms with E-state index < -0.39 is 12.6 Å². The van der Waals surface area contributed by atoms with Crippen molar-refractivity contribution in [3.8, 4) is 0 Å². The highest BCUT2D eigenvalue weighted by atomic mass is 16.5. The van der Waals surface area contributed by atoms with Crippen LogP contribution in [0.2, 0.25) is 0 Å². The van der Waals surface area contributed by atoms with Crippen molar-refractivity contribution in [1.29, 1.82) is 0 Å². The summed E-state index contributed by atoms with van der Waals surface area (Å²) in [6, 6.07) is 16.1. The van der Waals surface area contributed by atoms with E-state index in [1.165, 1.54) is 0 Å². The van der Waals surface area contributed by atoms with Crippen LogP contribution in [0.15, 0.2) is 54.6 Å². The van der Waals surface area contributed by atoms with E-state index in [1.54, 1.807) is 36.4 Å². The lowest BCUT2D eigenvalue weighted by molar-refractivity contribution is 0.0472. The fourth-order valence-electron chi connectivity index (χ4n) is 1.41.